The van der Waals surface area contributed by atoms with Gasteiger partial charge in [0.15, 0.2) is 0 Å². The van der Waals surface area contributed by atoms with E-state index in [2.05, 4.69) is 51.2 Å². The van der Waals surface area contributed by atoms with Crippen molar-refractivity contribution in [3.05, 3.63) is 27.3 Å². The molecule has 1 aromatic carbocycles. The van der Waals surface area contributed by atoms with Gasteiger partial charge in [0.05, 0.1) is 10.7 Å². The Bertz CT molecular complexity index is 226. The number of benzene rings is 1. The van der Waals surface area contributed by atoms with Gasteiger partial charge >= 0.3 is 0 Å². The molecule has 0 N–H and O–H groups in total. The molecule has 1 nitrogen and oxygen atoms in total. The van der Waals surface area contributed by atoms with Gasteiger partial charge in [0.1, 0.15) is 5.75 Å². The quantitative estimate of drug-likeness (QED) is 0.571. The Morgan fingerprint density at radius 3 is 2.73 bits per heavy atom. The maximum Gasteiger partial charge on any atom is 0.132 e. The number of hydrogen-bond acceptors (Lipinski definition) is 1. The Hall–Kier alpha value is 0.480. The van der Waals surface area contributed by atoms with Crippen LogP contribution in [0.2, 0.25) is 0 Å². The molecule has 0 aromatic heterocycles. The highest BCUT2D eigenvalue weighted by Crippen LogP contribution is 2.25. The van der Waals surface area contributed by atoms with Crippen molar-refractivity contribution in [1.82, 2.24) is 0 Å². The minimum absolute atomic E-state index is 0.972. The maximum absolute atomic E-state index is 5.18. The molecular weight excluding hydrogens is 366 g/mol. The third-order valence-electron chi connectivity index (χ3n) is 1.41. The van der Waals surface area contributed by atoms with E-state index in [1.54, 1.807) is 7.11 Å². The van der Waals surface area contributed by atoms with Crippen molar-refractivity contribution in [2.75, 3.05) is 7.11 Å². The first-order chi connectivity index (χ1) is 5.29. The summed E-state index contributed by atoms with van der Waals surface area (Å²) in [6.07, 6.45) is 0. The van der Waals surface area contributed by atoms with E-state index in [1.807, 2.05) is 12.1 Å². The fourth-order valence-corrected chi connectivity index (χ4v) is 2.95. The van der Waals surface area contributed by atoms with Crippen LogP contribution in [0.3, 0.4) is 0 Å². The molecule has 0 atom stereocenters. The number of rotatable bonds is 2. The molecule has 1 rings (SSSR count). The first-order valence-electron chi connectivity index (χ1n) is 3.17. The maximum atomic E-state index is 5.18. The predicted octanol–water partition coefficient (Wildman–Crippen LogP) is 3.23. The molecule has 0 fully saturated rings. The van der Waals surface area contributed by atoms with E-state index in [4.69, 9.17) is 4.74 Å². The number of methoxy groups -OCH3 is 1. The summed E-state index contributed by atoms with van der Waals surface area (Å²) in [5.41, 5.74) is 1.34. The van der Waals surface area contributed by atoms with Crippen LogP contribution >= 0.6 is 45.2 Å². The van der Waals surface area contributed by atoms with Crippen LogP contribution in [0.25, 0.3) is 0 Å². The Morgan fingerprint density at radius 2 is 2.18 bits per heavy atom. The van der Waals surface area contributed by atoms with Crippen LogP contribution in [-0.2, 0) is 4.43 Å². The van der Waals surface area contributed by atoms with Crippen molar-refractivity contribution in [2.45, 2.75) is 4.43 Å². The lowest BCUT2D eigenvalue weighted by Crippen LogP contribution is -1.90. The molecule has 0 bridgehead atoms. The Balaban J connectivity index is 3.10. The molecule has 0 heterocycles. The largest absolute Gasteiger partial charge is 0.496 e. The molecule has 0 amide bonds. The highest BCUT2D eigenvalue weighted by molar-refractivity contribution is 14.1. The van der Waals surface area contributed by atoms with Gasteiger partial charge in [0.25, 0.3) is 0 Å². The molecule has 0 radical (unpaired) electrons. The Kier molecular flexibility index (Phi) is 3.91. The fourth-order valence-electron chi connectivity index (χ4n) is 0.817. The SMILES string of the molecule is COc1cccc(CI)c1I. The zero-order chi connectivity index (χ0) is 8.27. The van der Waals surface area contributed by atoms with Crippen molar-refractivity contribution in [2.24, 2.45) is 0 Å². The second kappa shape index (κ2) is 4.49. The lowest BCUT2D eigenvalue weighted by atomic mass is 10.2. The minimum Gasteiger partial charge on any atom is -0.496 e. The summed E-state index contributed by atoms with van der Waals surface area (Å²) in [5, 5.41) is 0. The van der Waals surface area contributed by atoms with Gasteiger partial charge in [0.2, 0.25) is 0 Å². The van der Waals surface area contributed by atoms with Crippen LogP contribution in [0.4, 0.5) is 0 Å². The number of hydrogen-bond donors (Lipinski definition) is 0. The van der Waals surface area contributed by atoms with Crippen LogP contribution in [0, 0.1) is 3.57 Å². The van der Waals surface area contributed by atoms with Gasteiger partial charge in [0, 0.05) is 4.43 Å². The van der Waals surface area contributed by atoms with E-state index in [9.17, 15) is 0 Å². The predicted molar refractivity (Wildman–Crippen MR) is 63.4 cm³/mol. The average Bonchev–Trinajstić information content (AvgIpc) is 2.05. The molecule has 0 aliphatic rings. The van der Waals surface area contributed by atoms with Crippen molar-refractivity contribution in [3.63, 3.8) is 0 Å². The summed E-state index contributed by atoms with van der Waals surface area (Å²) in [5.74, 6) is 0.972. The molecule has 0 saturated carbocycles. The molecule has 0 spiro atoms. The number of ether oxygens (including phenoxy) is 1. The standard InChI is InChI=1S/C8H8I2O/c1-11-7-4-2-3-6(5-9)8(7)10/h2-4H,5H2,1H3. The lowest BCUT2D eigenvalue weighted by Gasteiger charge is -2.05. The van der Waals surface area contributed by atoms with Crippen LogP contribution in [0.1, 0.15) is 5.56 Å². The van der Waals surface area contributed by atoms with Crippen LogP contribution in [0.15, 0.2) is 18.2 Å². The number of alkyl halides is 1. The molecule has 0 aliphatic carbocycles. The molecule has 60 valence electrons. The first kappa shape index (κ1) is 9.57. The fraction of sp³-hybridized carbons (Fsp3) is 0.250. The van der Waals surface area contributed by atoms with Crippen LogP contribution in [0.5, 0.6) is 5.75 Å². The molecule has 0 unspecified atom stereocenters. The smallest absolute Gasteiger partial charge is 0.132 e. The van der Waals surface area contributed by atoms with Gasteiger partial charge < -0.3 is 4.74 Å². The summed E-state index contributed by atoms with van der Waals surface area (Å²) >= 11 is 4.66. The summed E-state index contributed by atoms with van der Waals surface area (Å²) in [6, 6.07) is 6.13. The van der Waals surface area contributed by atoms with E-state index < -0.39 is 0 Å². The van der Waals surface area contributed by atoms with Gasteiger partial charge in [-0.25, -0.2) is 0 Å². The van der Waals surface area contributed by atoms with Crippen LogP contribution in [-0.4, -0.2) is 7.11 Å². The first-order valence-corrected chi connectivity index (χ1v) is 5.77. The van der Waals surface area contributed by atoms with Crippen molar-refractivity contribution in [3.8, 4) is 5.75 Å². The van der Waals surface area contributed by atoms with E-state index in [-0.39, 0.29) is 0 Å². The van der Waals surface area contributed by atoms with E-state index >= 15 is 0 Å². The second-order valence-corrected chi connectivity index (χ2v) is 3.91. The van der Waals surface area contributed by atoms with Crippen molar-refractivity contribution >= 4 is 45.2 Å². The molecular formula is C8H8I2O. The average molecular weight is 374 g/mol. The zero-order valence-corrected chi connectivity index (χ0v) is 10.4. The third-order valence-corrected chi connectivity index (χ3v) is 3.45. The van der Waals surface area contributed by atoms with Gasteiger partial charge in [-0.1, -0.05) is 34.7 Å². The summed E-state index contributed by atoms with van der Waals surface area (Å²) < 4.78 is 7.44. The highest BCUT2D eigenvalue weighted by atomic mass is 127. The molecule has 0 saturated heterocycles. The Morgan fingerprint density at radius 1 is 1.45 bits per heavy atom. The molecule has 3 heteroatoms. The Labute approximate surface area is 93.8 Å². The van der Waals surface area contributed by atoms with Crippen LogP contribution < -0.4 is 4.74 Å². The van der Waals surface area contributed by atoms with E-state index in [0.717, 1.165) is 10.2 Å². The summed E-state index contributed by atoms with van der Waals surface area (Å²) in [6.45, 7) is 0. The molecule has 1 aromatic rings. The van der Waals surface area contributed by atoms with E-state index in [0.29, 0.717) is 0 Å². The molecule has 11 heavy (non-hydrogen) atoms. The van der Waals surface area contributed by atoms with Gasteiger partial charge in [-0.2, -0.15) is 0 Å². The van der Waals surface area contributed by atoms with Crippen molar-refractivity contribution in [1.29, 1.82) is 0 Å². The number of halogens is 2. The van der Waals surface area contributed by atoms with Gasteiger partial charge in [-0.3, -0.25) is 0 Å². The normalized spacial score (nSPS) is 9.73. The van der Waals surface area contributed by atoms with E-state index in [1.165, 1.54) is 9.13 Å². The molecule has 0 aliphatic heterocycles. The highest BCUT2D eigenvalue weighted by Gasteiger charge is 2.02. The summed E-state index contributed by atoms with van der Waals surface area (Å²) in [4.78, 5) is 0. The summed E-state index contributed by atoms with van der Waals surface area (Å²) in [7, 11) is 1.70. The lowest BCUT2D eigenvalue weighted by molar-refractivity contribution is 0.411. The van der Waals surface area contributed by atoms with Crippen molar-refractivity contribution < 1.29 is 4.74 Å². The topological polar surface area (TPSA) is 9.23 Å². The minimum atomic E-state index is 0.972. The monoisotopic (exact) mass is 374 g/mol. The van der Waals surface area contributed by atoms with Gasteiger partial charge in [-0.15, -0.1) is 0 Å². The van der Waals surface area contributed by atoms with Gasteiger partial charge in [-0.05, 0) is 34.2 Å². The second-order valence-electron chi connectivity index (χ2n) is 2.07. The zero-order valence-electron chi connectivity index (χ0n) is 6.10. The third kappa shape index (κ3) is 2.21.